The average Bonchev–Trinajstić information content (AvgIpc) is 3.55. The molecule has 1 saturated heterocycles. The number of benzene rings is 1. The molecular formula is C32H38N4O2. The molecule has 3 heterocycles. The zero-order valence-electron chi connectivity index (χ0n) is 23.0. The predicted molar refractivity (Wildman–Crippen MR) is 149 cm³/mol. The van der Waals surface area contributed by atoms with E-state index in [0.717, 1.165) is 54.5 Å². The normalized spacial score (nSPS) is 20.3. The molecule has 1 amide bonds. The number of carbonyl (C=O) groups is 2. The number of amides is 1. The standard InChI is InChI=1S/C32H38N4O2/c1-20(2)26-9-6-10-27(26)32(38)36-13-11-23(12-14-36)28-19-35(4)31-30(28)21(3)25(18-34-31)16-29(37)24-8-5-7-22(15-24)17-33/h5,7-8,15,18-20,23,26-27H,6,9-14,16H2,1-4H3/t26-,27+/m0/s1. The van der Waals surface area contributed by atoms with Crippen LogP contribution < -0.4 is 0 Å². The van der Waals surface area contributed by atoms with Crippen molar-refractivity contribution >= 4 is 22.7 Å². The first-order chi connectivity index (χ1) is 18.3. The Morgan fingerprint density at radius 3 is 2.63 bits per heavy atom. The van der Waals surface area contributed by atoms with E-state index in [-0.39, 0.29) is 18.1 Å². The van der Waals surface area contributed by atoms with Crippen LogP contribution in [0.25, 0.3) is 11.0 Å². The van der Waals surface area contributed by atoms with Crippen LogP contribution in [-0.2, 0) is 18.3 Å². The summed E-state index contributed by atoms with van der Waals surface area (Å²) in [5, 5.41) is 10.3. The molecule has 2 atom stereocenters. The molecule has 0 bridgehead atoms. The molecule has 0 spiro atoms. The van der Waals surface area contributed by atoms with E-state index in [1.54, 1.807) is 24.3 Å². The maximum absolute atomic E-state index is 13.4. The molecule has 198 valence electrons. The molecule has 6 nitrogen and oxygen atoms in total. The quantitative estimate of drug-likeness (QED) is 0.384. The van der Waals surface area contributed by atoms with Crippen molar-refractivity contribution in [2.24, 2.45) is 24.8 Å². The maximum Gasteiger partial charge on any atom is 0.225 e. The second kappa shape index (κ2) is 10.7. The van der Waals surface area contributed by atoms with Crippen molar-refractivity contribution in [3.05, 3.63) is 64.5 Å². The van der Waals surface area contributed by atoms with E-state index in [4.69, 9.17) is 4.98 Å². The van der Waals surface area contributed by atoms with Crippen molar-refractivity contribution < 1.29 is 9.59 Å². The molecule has 2 aliphatic rings. The minimum absolute atomic E-state index is 0.0118. The number of nitriles is 1. The minimum atomic E-state index is -0.0118. The summed E-state index contributed by atoms with van der Waals surface area (Å²) in [4.78, 5) is 33.3. The Hall–Kier alpha value is -3.46. The van der Waals surface area contributed by atoms with Gasteiger partial charge in [-0.15, -0.1) is 0 Å². The largest absolute Gasteiger partial charge is 0.342 e. The van der Waals surface area contributed by atoms with Gasteiger partial charge in [0.2, 0.25) is 5.91 Å². The number of nitrogens with zero attached hydrogens (tertiary/aromatic N) is 4. The van der Waals surface area contributed by atoms with Gasteiger partial charge in [0.1, 0.15) is 5.65 Å². The summed E-state index contributed by atoms with van der Waals surface area (Å²) in [6, 6.07) is 8.99. The van der Waals surface area contributed by atoms with Crippen LogP contribution in [0.2, 0.25) is 0 Å². The van der Waals surface area contributed by atoms with Crippen molar-refractivity contribution in [3.8, 4) is 6.07 Å². The number of rotatable bonds is 6. The SMILES string of the molecule is Cc1c(CC(=O)c2cccc(C#N)c2)cnc2c1c(C1CCN(C(=O)[C@@H]3CCC[C@H]3C(C)C)CC1)cn2C. The number of fused-ring (bicyclic) bond motifs is 1. The van der Waals surface area contributed by atoms with Crippen molar-refractivity contribution in [1.29, 1.82) is 5.26 Å². The van der Waals surface area contributed by atoms with E-state index < -0.39 is 0 Å². The molecule has 6 heteroatoms. The predicted octanol–water partition coefficient (Wildman–Crippen LogP) is 5.96. The summed E-state index contributed by atoms with van der Waals surface area (Å²) in [6.45, 7) is 8.21. The van der Waals surface area contributed by atoms with E-state index in [1.165, 1.54) is 18.4 Å². The molecule has 38 heavy (non-hydrogen) atoms. The smallest absolute Gasteiger partial charge is 0.225 e. The number of hydrogen-bond acceptors (Lipinski definition) is 4. The minimum Gasteiger partial charge on any atom is -0.342 e. The number of aromatic nitrogens is 2. The lowest BCUT2D eigenvalue weighted by Gasteiger charge is -2.35. The molecule has 2 fully saturated rings. The van der Waals surface area contributed by atoms with Crippen LogP contribution >= 0.6 is 0 Å². The highest BCUT2D eigenvalue weighted by Gasteiger charge is 2.38. The number of pyridine rings is 1. The third-order valence-corrected chi connectivity index (χ3v) is 9.03. The summed E-state index contributed by atoms with van der Waals surface area (Å²) in [6.07, 6.45) is 9.57. The Bertz CT molecular complexity index is 1400. The van der Waals surface area contributed by atoms with Crippen molar-refractivity contribution in [3.63, 3.8) is 0 Å². The summed E-state index contributed by atoms with van der Waals surface area (Å²) in [5.41, 5.74) is 5.27. The molecule has 2 aromatic heterocycles. The van der Waals surface area contributed by atoms with Gasteiger partial charge in [-0.2, -0.15) is 5.26 Å². The van der Waals surface area contributed by atoms with Crippen LogP contribution in [0.4, 0.5) is 0 Å². The van der Waals surface area contributed by atoms with Crippen LogP contribution in [0.5, 0.6) is 0 Å². The van der Waals surface area contributed by atoms with E-state index in [2.05, 4.69) is 42.5 Å². The lowest BCUT2D eigenvalue weighted by atomic mass is 9.83. The van der Waals surface area contributed by atoms with E-state index in [9.17, 15) is 14.9 Å². The van der Waals surface area contributed by atoms with Crippen molar-refractivity contribution in [1.82, 2.24) is 14.5 Å². The van der Waals surface area contributed by atoms with Crippen LogP contribution in [-0.4, -0.2) is 39.2 Å². The third-order valence-electron chi connectivity index (χ3n) is 9.03. The zero-order valence-corrected chi connectivity index (χ0v) is 23.0. The van der Waals surface area contributed by atoms with Gasteiger partial charge in [-0.1, -0.05) is 32.4 Å². The Kier molecular flexibility index (Phi) is 7.38. The van der Waals surface area contributed by atoms with Gasteiger partial charge in [-0.25, -0.2) is 4.98 Å². The first kappa shape index (κ1) is 26.2. The van der Waals surface area contributed by atoms with Gasteiger partial charge in [-0.05, 0) is 79.2 Å². The number of likely N-dealkylation sites (tertiary alicyclic amines) is 1. The molecule has 0 N–H and O–H groups in total. The molecule has 0 radical (unpaired) electrons. The van der Waals surface area contributed by atoms with Gasteiger partial charge < -0.3 is 9.47 Å². The second-order valence-corrected chi connectivity index (χ2v) is 11.6. The highest BCUT2D eigenvalue weighted by molar-refractivity contribution is 5.98. The van der Waals surface area contributed by atoms with Gasteiger partial charge >= 0.3 is 0 Å². The molecule has 3 aromatic rings. The first-order valence-corrected chi connectivity index (χ1v) is 14.0. The Morgan fingerprint density at radius 1 is 1.16 bits per heavy atom. The van der Waals surface area contributed by atoms with Crippen LogP contribution in [0.1, 0.15) is 84.5 Å². The van der Waals surface area contributed by atoms with Gasteiger partial charge in [0.15, 0.2) is 5.78 Å². The number of ketones is 1. The number of piperidine rings is 1. The number of carbonyl (C=O) groups excluding carboxylic acids is 2. The second-order valence-electron chi connectivity index (χ2n) is 11.6. The summed E-state index contributed by atoms with van der Waals surface area (Å²) >= 11 is 0. The molecule has 1 aliphatic heterocycles. The molecule has 1 aromatic carbocycles. The van der Waals surface area contributed by atoms with Crippen molar-refractivity contribution in [2.75, 3.05) is 13.1 Å². The lowest BCUT2D eigenvalue weighted by molar-refractivity contribution is -0.138. The number of hydrogen-bond donors (Lipinski definition) is 0. The molecule has 1 saturated carbocycles. The first-order valence-electron chi connectivity index (χ1n) is 14.0. The fourth-order valence-electron chi connectivity index (χ4n) is 6.84. The molecule has 0 unspecified atom stereocenters. The van der Waals surface area contributed by atoms with Crippen LogP contribution in [0.3, 0.4) is 0 Å². The lowest BCUT2D eigenvalue weighted by Crippen LogP contribution is -2.42. The number of aryl methyl sites for hydroxylation is 2. The van der Waals surface area contributed by atoms with Crippen LogP contribution in [0, 0.1) is 36.0 Å². The fraction of sp³-hybridized carbons (Fsp3) is 0.500. The number of Topliss-reactive ketones (excluding diaryl/α,β-unsaturated/α-hetero) is 1. The molecule has 1 aliphatic carbocycles. The summed E-state index contributed by atoms with van der Waals surface area (Å²) in [5.74, 6) is 2.01. The van der Waals surface area contributed by atoms with Gasteiger partial charge in [0.05, 0.1) is 11.6 Å². The zero-order chi connectivity index (χ0) is 27.0. The molecule has 5 rings (SSSR count). The Morgan fingerprint density at radius 2 is 1.92 bits per heavy atom. The Labute approximate surface area is 225 Å². The van der Waals surface area contributed by atoms with Crippen molar-refractivity contribution in [2.45, 2.75) is 65.2 Å². The van der Waals surface area contributed by atoms with Gasteiger partial charge in [0, 0.05) is 55.8 Å². The average molecular weight is 511 g/mol. The topological polar surface area (TPSA) is 79.0 Å². The Balaban J connectivity index is 1.34. The summed E-state index contributed by atoms with van der Waals surface area (Å²) < 4.78 is 2.09. The van der Waals surface area contributed by atoms with Gasteiger partial charge in [0.25, 0.3) is 0 Å². The van der Waals surface area contributed by atoms with Gasteiger partial charge in [-0.3, -0.25) is 9.59 Å². The van der Waals surface area contributed by atoms with E-state index in [0.29, 0.717) is 34.8 Å². The van der Waals surface area contributed by atoms with E-state index in [1.807, 2.05) is 13.2 Å². The summed E-state index contributed by atoms with van der Waals surface area (Å²) in [7, 11) is 2.03. The third kappa shape index (κ3) is 4.87. The highest BCUT2D eigenvalue weighted by atomic mass is 16.2. The van der Waals surface area contributed by atoms with E-state index >= 15 is 0 Å². The molecular weight excluding hydrogens is 472 g/mol. The fourth-order valence-corrected chi connectivity index (χ4v) is 6.84. The highest BCUT2D eigenvalue weighted by Crippen LogP contribution is 2.40. The monoisotopic (exact) mass is 510 g/mol. The van der Waals surface area contributed by atoms with Crippen LogP contribution in [0.15, 0.2) is 36.7 Å². The maximum atomic E-state index is 13.4.